The largest absolute Gasteiger partial charge is 0.347 e. The van der Waals surface area contributed by atoms with Crippen LogP contribution < -0.4 is 10.6 Å². The fraction of sp³-hybridized carbons (Fsp3) is 0.400. The fourth-order valence-electron chi connectivity index (χ4n) is 2.57. The smallest absolute Gasteiger partial charge is 0.240 e. The van der Waals surface area contributed by atoms with E-state index in [1.165, 1.54) is 0 Å². The molecule has 1 aromatic heterocycles. The zero-order chi connectivity index (χ0) is 15.5. The molecule has 7 nitrogen and oxygen atoms in total. The van der Waals surface area contributed by atoms with Gasteiger partial charge in [0.15, 0.2) is 0 Å². The summed E-state index contributed by atoms with van der Waals surface area (Å²) in [5.74, 6) is 0.590. The molecular weight excluding hydrogens is 282 g/mol. The third kappa shape index (κ3) is 2.94. The first-order valence-corrected chi connectivity index (χ1v) is 7.30. The van der Waals surface area contributed by atoms with Gasteiger partial charge in [0, 0.05) is 20.1 Å². The van der Waals surface area contributed by atoms with E-state index in [0.717, 1.165) is 23.4 Å². The van der Waals surface area contributed by atoms with Crippen molar-refractivity contribution in [1.82, 2.24) is 25.1 Å². The van der Waals surface area contributed by atoms with Crippen LogP contribution in [0.3, 0.4) is 0 Å². The lowest BCUT2D eigenvalue weighted by atomic mass is 10.3. The van der Waals surface area contributed by atoms with E-state index >= 15 is 0 Å². The highest BCUT2D eigenvalue weighted by Crippen LogP contribution is 2.13. The number of piperazine rings is 1. The Morgan fingerprint density at radius 1 is 1.41 bits per heavy atom. The molecule has 2 N–H and O–H groups in total. The maximum atomic E-state index is 12.0. The summed E-state index contributed by atoms with van der Waals surface area (Å²) in [5, 5.41) is 5.81. The Kier molecular flexibility index (Phi) is 4.06. The van der Waals surface area contributed by atoms with Crippen LogP contribution in [-0.2, 0) is 23.2 Å². The number of aromatic nitrogens is 2. The first-order valence-electron chi connectivity index (χ1n) is 7.30. The standard InChI is InChI=1S/C15H19N5O2/c1-19-12-5-3-2-4-11(12)18-13(19)8-17-14(21)10-20-7-6-16-9-15(20)22/h2-5,16H,6-10H2,1H3,(H,17,21). The number of fused-ring (bicyclic) bond motifs is 1. The van der Waals surface area contributed by atoms with Crippen LogP contribution in [0, 0.1) is 0 Å². The van der Waals surface area contributed by atoms with E-state index in [1.807, 2.05) is 35.9 Å². The molecule has 2 amide bonds. The van der Waals surface area contributed by atoms with Crippen molar-refractivity contribution in [2.75, 3.05) is 26.2 Å². The van der Waals surface area contributed by atoms with Crippen LogP contribution >= 0.6 is 0 Å². The molecule has 1 saturated heterocycles. The van der Waals surface area contributed by atoms with Gasteiger partial charge in [-0.25, -0.2) is 4.98 Å². The SMILES string of the molecule is Cn1c(CNC(=O)CN2CCNCC2=O)nc2ccccc21. The molecule has 1 aromatic carbocycles. The minimum absolute atomic E-state index is 0.0378. The van der Waals surface area contributed by atoms with Gasteiger partial charge in [-0.15, -0.1) is 0 Å². The van der Waals surface area contributed by atoms with Gasteiger partial charge in [0.05, 0.1) is 30.7 Å². The highest BCUT2D eigenvalue weighted by atomic mass is 16.2. The number of carbonyl (C=O) groups excluding carboxylic acids is 2. The molecule has 0 spiro atoms. The van der Waals surface area contributed by atoms with Gasteiger partial charge in [-0.1, -0.05) is 12.1 Å². The zero-order valence-corrected chi connectivity index (χ0v) is 12.5. The van der Waals surface area contributed by atoms with Crippen LogP contribution in [0.25, 0.3) is 11.0 Å². The number of carbonyl (C=O) groups is 2. The number of rotatable bonds is 4. The molecule has 0 aliphatic carbocycles. The van der Waals surface area contributed by atoms with E-state index in [2.05, 4.69) is 15.6 Å². The maximum Gasteiger partial charge on any atom is 0.240 e. The van der Waals surface area contributed by atoms with Crippen LogP contribution in [0.15, 0.2) is 24.3 Å². The number of benzene rings is 1. The minimum Gasteiger partial charge on any atom is -0.347 e. The van der Waals surface area contributed by atoms with E-state index in [1.54, 1.807) is 4.90 Å². The van der Waals surface area contributed by atoms with Crippen molar-refractivity contribution in [2.24, 2.45) is 7.05 Å². The van der Waals surface area contributed by atoms with Crippen LogP contribution in [-0.4, -0.2) is 52.4 Å². The predicted molar refractivity (Wildman–Crippen MR) is 82.0 cm³/mol. The number of imidazole rings is 1. The first-order chi connectivity index (χ1) is 10.6. The Morgan fingerprint density at radius 3 is 3.00 bits per heavy atom. The van der Waals surface area contributed by atoms with Gasteiger partial charge in [-0.3, -0.25) is 9.59 Å². The van der Waals surface area contributed by atoms with E-state index in [0.29, 0.717) is 19.6 Å². The molecular formula is C15H19N5O2. The second-order valence-corrected chi connectivity index (χ2v) is 5.34. The summed E-state index contributed by atoms with van der Waals surface area (Å²) >= 11 is 0. The summed E-state index contributed by atoms with van der Waals surface area (Å²) in [5.41, 5.74) is 1.94. The highest BCUT2D eigenvalue weighted by molar-refractivity contribution is 5.86. The molecule has 116 valence electrons. The summed E-state index contributed by atoms with van der Waals surface area (Å²) < 4.78 is 1.96. The van der Waals surface area contributed by atoms with Crippen LogP contribution in [0.1, 0.15) is 5.82 Å². The van der Waals surface area contributed by atoms with Gasteiger partial charge in [0.2, 0.25) is 11.8 Å². The van der Waals surface area contributed by atoms with E-state index in [4.69, 9.17) is 0 Å². The van der Waals surface area contributed by atoms with Gasteiger partial charge in [0.1, 0.15) is 5.82 Å². The Balaban J connectivity index is 1.60. The lowest BCUT2D eigenvalue weighted by Gasteiger charge is -2.26. The van der Waals surface area contributed by atoms with Crippen LogP contribution in [0.4, 0.5) is 0 Å². The Labute approximate surface area is 128 Å². The van der Waals surface area contributed by atoms with Crippen molar-refractivity contribution in [3.8, 4) is 0 Å². The molecule has 3 rings (SSSR count). The predicted octanol–water partition coefficient (Wildman–Crippen LogP) is -0.379. The number of amides is 2. The van der Waals surface area contributed by atoms with Crippen LogP contribution in [0.2, 0.25) is 0 Å². The second-order valence-electron chi connectivity index (χ2n) is 5.34. The summed E-state index contributed by atoms with van der Waals surface area (Å²) in [7, 11) is 1.93. The van der Waals surface area contributed by atoms with Gasteiger partial charge < -0.3 is 20.1 Å². The second kappa shape index (κ2) is 6.15. The van der Waals surface area contributed by atoms with E-state index < -0.39 is 0 Å². The molecule has 2 heterocycles. The zero-order valence-electron chi connectivity index (χ0n) is 12.5. The van der Waals surface area contributed by atoms with E-state index in [-0.39, 0.29) is 18.4 Å². The van der Waals surface area contributed by atoms with E-state index in [9.17, 15) is 9.59 Å². The maximum absolute atomic E-state index is 12.0. The topological polar surface area (TPSA) is 79.3 Å². The lowest BCUT2D eigenvalue weighted by molar-refractivity contribution is -0.136. The Hall–Kier alpha value is -2.41. The lowest BCUT2D eigenvalue weighted by Crippen LogP contribution is -2.51. The van der Waals surface area contributed by atoms with Crippen molar-refractivity contribution in [2.45, 2.75) is 6.54 Å². The fourth-order valence-corrected chi connectivity index (χ4v) is 2.57. The van der Waals surface area contributed by atoms with Gasteiger partial charge >= 0.3 is 0 Å². The van der Waals surface area contributed by atoms with Gasteiger partial charge in [-0.2, -0.15) is 0 Å². The quantitative estimate of drug-likeness (QED) is 0.807. The van der Waals surface area contributed by atoms with Gasteiger partial charge in [0.25, 0.3) is 0 Å². The number of nitrogens with zero attached hydrogens (tertiary/aromatic N) is 3. The van der Waals surface area contributed by atoms with Crippen LogP contribution in [0.5, 0.6) is 0 Å². The first kappa shape index (κ1) is 14.5. The third-order valence-corrected chi connectivity index (χ3v) is 3.85. The molecule has 2 aromatic rings. The highest BCUT2D eigenvalue weighted by Gasteiger charge is 2.20. The molecule has 0 saturated carbocycles. The minimum atomic E-state index is -0.165. The Morgan fingerprint density at radius 2 is 2.23 bits per heavy atom. The molecule has 1 fully saturated rings. The monoisotopic (exact) mass is 301 g/mol. The molecule has 0 atom stereocenters. The average molecular weight is 301 g/mol. The summed E-state index contributed by atoms with van der Waals surface area (Å²) in [6, 6.07) is 7.84. The Bertz CT molecular complexity index is 709. The number of nitrogens with one attached hydrogen (secondary N) is 2. The number of hydrogen-bond acceptors (Lipinski definition) is 4. The molecule has 1 aliphatic rings. The van der Waals surface area contributed by atoms with Crippen molar-refractivity contribution in [1.29, 1.82) is 0 Å². The average Bonchev–Trinajstić information content (AvgIpc) is 2.84. The van der Waals surface area contributed by atoms with Crippen molar-refractivity contribution >= 4 is 22.8 Å². The molecule has 0 unspecified atom stereocenters. The molecule has 0 radical (unpaired) electrons. The number of para-hydroxylation sites is 2. The summed E-state index contributed by atoms with van der Waals surface area (Å²) in [6.45, 7) is 2.05. The van der Waals surface area contributed by atoms with Crippen molar-refractivity contribution in [3.05, 3.63) is 30.1 Å². The normalized spacial score (nSPS) is 15.3. The molecule has 7 heteroatoms. The third-order valence-electron chi connectivity index (χ3n) is 3.85. The van der Waals surface area contributed by atoms with Crippen molar-refractivity contribution < 1.29 is 9.59 Å². The summed E-state index contributed by atoms with van der Waals surface area (Å²) in [6.07, 6.45) is 0. The van der Waals surface area contributed by atoms with Gasteiger partial charge in [-0.05, 0) is 12.1 Å². The molecule has 0 bridgehead atoms. The number of aryl methyl sites for hydroxylation is 1. The molecule has 1 aliphatic heterocycles. The number of hydrogen-bond donors (Lipinski definition) is 2. The summed E-state index contributed by atoms with van der Waals surface area (Å²) in [4.78, 5) is 29.7. The van der Waals surface area contributed by atoms with Crippen molar-refractivity contribution in [3.63, 3.8) is 0 Å². The molecule has 22 heavy (non-hydrogen) atoms.